The highest BCUT2D eigenvalue weighted by molar-refractivity contribution is 5.11. The van der Waals surface area contributed by atoms with Crippen molar-refractivity contribution < 1.29 is 25.1 Å². The SMILES string of the molecule is CC(C)CCC[C@@H](C)[C@H]1CC[C@H]2[C@@H]3CC(O)O[C@@]4(OO)C[C@@H](O)CC[C@]4(C)[C@H]3CC[C@]12C. The third kappa shape index (κ3) is 3.98. The molecule has 0 bridgehead atoms. The first-order chi connectivity index (χ1) is 15.1. The van der Waals surface area contributed by atoms with E-state index >= 15 is 0 Å². The van der Waals surface area contributed by atoms with Crippen LogP contribution in [-0.4, -0.2) is 33.7 Å². The standard InChI is InChI=1S/C27H48O5/c1-17(2)7-6-8-18(3)21-9-10-22-20-15-24(29)31-27(32-30)16-19(28)11-14-26(27,5)23(20)12-13-25(21,22)4/h17-24,28-30H,6-16H2,1-5H3/t18-,19+,20+,21-,22+,23+,24?,25-,26-,27-/m1/s1. The molecule has 1 heterocycles. The molecule has 3 N–H and O–H groups in total. The van der Waals surface area contributed by atoms with Crippen molar-refractivity contribution in [1.29, 1.82) is 0 Å². The van der Waals surface area contributed by atoms with Crippen LogP contribution < -0.4 is 0 Å². The number of aliphatic hydroxyl groups is 2. The van der Waals surface area contributed by atoms with Crippen LogP contribution >= 0.6 is 0 Å². The zero-order chi connectivity index (χ0) is 23.3. The average molecular weight is 453 g/mol. The van der Waals surface area contributed by atoms with Crippen LogP contribution in [0.1, 0.15) is 105 Å². The Morgan fingerprint density at radius 2 is 1.72 bits per heavy atom. The molecule has 4 aliphatic rings. The van der Waals surface area contributed by atoms with Crippen LogP contribution in [-0.2, 0) is 9.62 Å². The molecule has 4 rings (SSSR count). The van der Waals surface area contributed by atoms with Crippen LogP contribution in [0.25, 0.3) is 0 Å². The Morgan fingerprint density at radius 3 is 2.41 bits per heavy atom. The largest absolute Gasteiger partial charge is 0.393 e. The van der Waals surface area contributed by atoms with E-state index in [1.54, 1.807) is 0 Å². The summed E-state index contributed by atoms with van der Waals surface area (Å²) >= 11 is 0. The predicted molar refractivity (Wildman–Crippen MR) is 125 cm³/mol. The topological polar surface area (TPSA) is 79.2 Å². The van der Waals surface area contributed by atoms with E-state index in [9.17, 15) is 15.5 Å². The number of hydrogen-bond acceptors (Lipinski definition) is 5. The van der Waals surface area contributed by atoms with E-state index in [0.717, 1.165) is 30.6 Å². The van der Waals surface area contributed by atoms with Gasteiger partial charge in [0.25, 0.3) is 0 Å². The van der Waals surface area contributed by atoms with Crippen molar-refractivity contribution in [3.8, 4) is 0 Å². The van der Waals surface area contributed by atoms with Gasteiger partial charge in [-0.05, 0) is 79.4 Å². The van der Waals surface area contributed by atoms with Crippen LogP contribution in [0, 0.1) is 46.3 Å². The molecular weight excluding hydrogens is 404 g/mol. The van der Waals surface area contributed by atoms with Crippen LogP contribution in [0.4, 0.5) is 0 Å². The molecule has 1 aliphatic heterocycles. The number of hydrogen-bond donors (Lipinski definition) is 3. The van der Waals surface area contributed by atoms with Gasteiger partial charge in [0.05, 0.1) is 6.10 Å². The summed E-state index contributed by atoms with van der Waals surface area (Å²) in [7, 11) is 0. The molecule has 32 heavy (non-hydrogen) atoms. The molecule has 186 valence electrons. The summed E-state index contributed by atoms with van der Waals surface area (Å²) in [5, 5.41) is 31.3. The van der Waals surface area contributed by atoms with Crippen LogP contribution in [0.5, 0.6) is 0 Å². The van der Waals surface area contributed by atoms with E-state index in [0.29, 0.717) is 36.0 Å². The maximum absolute atomic E-state index is 10.9. The molecule has 5 nitrogen and oxygen atoms in total. The molecule has 1 unspecified atom stereocenters. The average Bonchev–Trinajstić information content (AvgIpc) is 3.03. The van der Waals surface area contributed by atoms with Crippen LogP contribution in [0.3, 0.4) is 0 Å². The van der Waals surface area contributed by atoms with Crippen molar-refractivity contribution in [2.75, 3.05) is 0 Å². The van der Waals surface area contributed by atoms with Gasteiger partial charge in [0.2, 0.25) is 5.79 Å². The molecule has 4 fully saturated rings. The van der Waals surface area contributed by atoms with E-state index in [-0.39, 0.29) is 6.42 Å². The lowest BCUT2D eigenvalue weighted by molar-refractivity contribution is -0.470. The summed E-state index contributed by atoms with van der Waals surface area (Å²) in [5.74, 6) is 2.23. The Bertz CT molecular complexity index is 654. The van der Waals surface area contributed by atoms with Gasteiger partial charge >= 0.3 is 0 Å². The maximum Gasteiger partial charge on any atom is 0.212 e. The molecule has 3 saturated carbocycles. The zero-order valence-corrected chi connectivity index (χ0v) is 21.1. The highest BCUT2D eigenvalue weighted by Gasteiger charge is 2.66. The summed E-state index contributed by atoms with van der Waals surface area (Å²) < 4.78 is 6.07. The summed E-state index contributed by atoms with van der Waals surface area (Å²) in [5.41, 5.74) is -0.0961. The molecule has 0 aromatic carbocycles. The molecule has 5 heteroatoms. The molecule has 0 spiro atoms. The maximum atomic E-state index is 10.9. The van der Waals surface area contributed by atoms with Gasteiger partial charge in [0.15, 0.2) is 6.29 Å². The molecule has 0 amide bonds. The lowest BCUT2D eigenvalue weighted by atomic mass is 9.49. The number of ether oxygens (including phenoxy) is 1. The van der Waals surface area contributed by atoms with E-state index in [1.165, 1.54) is 38.5 Å². The summed E-state index contributed by atoms with van der Waals surface area (Å²) in [6.45, 7) is 11.8. The smallest absolute Gasteiger partial charge is 0.212 e. The van der Waals surface area contributed by atoms with Gasteiger partial charge < -0.3 is 14.9 Å². The van der Waals surface area contributed by atoms with Gasteiger partial charge in [-0.3, -0.25) is 0 Å². The number of rotatable bonds is 6. The lowest BCUT2D eigenvalue weighted by Gasteiger charge is -2.58. The molecule has 0 aromatic heterocycles. The Balaban J connectivity index is 1.58. The molecule has 1 saturated heterocycles. The fourth-order valence-electron chi connectivity index (χ4n) is 9.05. The molecule has 10 atom stereocenters. The normalized spacial score (nSPS) is 49.8. The fourth-order valence-corrected chi connectivity index (χ4v) is 9.05. The minimum Gasteiger partial charge on any atom is -0.393 e. The van der Waals surface area contributed by atoms with E-state index < -0.39 is 23.6 Å². The van der Waals surface area contributed by atoms with Crippen molar-refractivity contribution >= 4 is 0 Å². The van der Waals surface area contributed by atoms with Gasteiger partial charge in [-0.1, -0.05) is 53.9 Å². The molecule has 0 aromatic rings. The van der Waals surface area contributed by atoms with Crippen molar-refractivity contribution in [3.05, 3.63) is 0 Å². The molecular formula is C27H48O5. The summed E-state index contributed by atoms with van der Waals surface area (Å²) in [6.07, 6.45) is 9.51. The van der Waals surface area contributed by atoms with Gasteiger partial charge in [-0.25, -0.2) is 10.1 Å². The van der Waals surface area contributed by atoms with Crippen molar-refractivity contribution in [2.45, 2.75) is 123 Å². The minimum atomic E-state index is -1.32. The number of fused-ring (bicyclic) bond motifs is 5. The molecule has 0 radical (unpaired) electrons. The minimum absolute atomic E-state index is 0.220. The second kappa shape index (κ2) is 9.11. The summed E-state index contributed by atoms with van der Waals surface area (Å²) in [4.78, 5) is 5.07. The van der Waals surface area contributed by atoms with Crippen molar-refractivity contribution in [3.63, 3.8) is 0 Å². The Labute approximate surface area is 195 Å². The highest BCUT2D eigenvalue weighted by atomic mass is 17.1. The Kier molecular flexibility index (Phi) is 7.09. The first-order valence-corrected chi connectivity index (χ1v) is 13.4. The lowest BCUT2D eigenvalue weighted by Crippen LogP contribution is -2.60. The summed E-state index contributed by atoms with van der Waals surface area (Å²) in [6, 6.07) is 0. The Hall–Kier alpha value is -0.200. The quantitative estimate of drug-likeness (QED) is 0.341. The van der Waals surface area contributed by atoms with E-state index in [1.807, 2.05) is 0 Å². The Morgan fingerprint density at radius 1 is 0.969 bits per heavy atom. The van der Waals surface area contributed by atoms with Crippen LogP contribution in [0.15, 0.2) is 0 Å². The van der Waals surface area contributed by atoms with Gasteiger partial charge in [0.1, 0.15) is 0 Å². The van der Waals surface area contributed by atoms with E-state index in [2.05, 4.69) is 34.6 Å². The fraction of sp³-hybridized carbons (Fsp3) is 1.00. The van der Waals surface area contributed by atoms with Crippen molar-refractivity contribution in [1.82, 2.24) is 0 Å². The highest BCUT2D eigenvalue weighted by Crippen LogP contribution is 2.68. The van der Waals surface area contributed by atoms with Gasteiger partial charge in [0, 0.05) is 18.3 Å². The zero-order valence-electron chi connectivity index (χ0n) is 21.1. The van der Waals surface area contributed by atoms with Crippen LogP contribution in [0.2, 0.25) is 0 Å². The second-order valence-electron chi connectivity index (χ2n) is 12.9. The monoisotopic (exact) mass is 452 g/mol. The predicted octanol–water partition coefficient (Wildman–Crippen LogP) is 5.98. The van der Waals surface area contributed by atoms with Gasteiger partial charge in [-0.15, -0.1) is 0 Å². The second-order valence-corrected chi connectivity index (χ2v) is 12.9. The third-order valence-corrected chi connectivity index (χ3v) is 10.8. The van der Waals surface area contributed by atoms with Crippen molar-refractivity contribution in [2.24, 2.45) is 46.3 Å². The number of aliphatic hydroxyl groups excluding tert-OH is 2. The third-order valence-electron chi connectivity index (χ3n) is 10.8. The first kappa shape index (κ1) is 24.9. The van der Waals surface area contributed by atoms with E-state index in [4.69, 9.17) is 9.62 Å². The first-order valence-electron chi connectivity index (χ1n) is 13.4. The van der Waals surface area contributed by atoms with Gasteiger partial charge in [-0.2, -0.15) is 0 Å². The molecule has 3 aliphatic carbocycles.